The van der Waals surface area contributed by atoms with Crippen LogP contribution in [0.4, 0.5) is 4.79 Å². The van der Waals surface area contributed by atoms with Crippen molar-refractivity contribution in [1.29, 1.82) is 0 Å². The van der Waals surface area contributed by atoms with Gasteiger partial charge >= 0.3 is 6.09 Å². The van der Waals surface area contributed by atoms with Crippen molar-refractivity contribution in [1.82, 2.24) is 5.32 Å². The molecular weight excluding hydrogens is 274 g/mol. The first-order valence-electron chi connectivity index (χ1n) is 8.39. The highest BCUT2D eigenvalue weighted by Gasteiger charge is 2.36. The zero-order chi connectivity index (χ0) is 16.4. The molecule has 22 heavy (non-hydrogen) atoms. The number of rotatable bonds is 3. The molecule has 0 saturated heterocycles. The third-order valence-corrected chi connectivity index (χ3v) is 4.58. The minimum atomic E-state index is -0.458. The predicted octanol–water partition coefficient (Wildman–Crippen LogP) is 4.41. The molecule has 0 aromatic heterocycles. The largest absolute Gasteiger partial charge is 0.444 e. The maximum Gasteiger partial charge on any atom is 0.408 e. The van der Waals surface area contributed by atoms with Crippen LogP contribution in [0.15, 0.2) is 18.2 Å². The van der Waals surface area contributed by atoms with E-state index in [2.05, 4.69) is 37.4 Å². The fourth-order valence-electron chi connectivity index (χ4n) is 3.30. The van der Waals surface area contributed by atoms with E-state index in [4.69, 9.17) is 4.74 Å². The smallest absolute Gasteiger partial charge is 0.408 e. The molecule has 3 nitrogen and oxygen atoms in total. The van der Waals surface area contributed by atoms with Gasteiger partial charge in [0.15, 0.2) is 0 Å². The Bertz CT molecular complexity index is 531. The molecule has 3 heteroatoms. The Balaban J connectivity index is 2.20. The molecule has 0 bridgehead atoms. The van der Waals surface area contributed by atoms with Gasteiger partial charge in [-0.3, -0.25) is 0 Å². The van der Waals surface area contributed by atoms with E-state index in [9.17, 15) is 4.79 Å². The molecule has 1 aromatic carbocycles. The lowest BCUT2D eigenvalue weighted by molar-refractivity contribution is 0.0439. The predicted molar refractivity (Wildman–Crippen MR) is 90.2 cm³/mol. The molecule has 1 amide bonds. The van der Waals surface area contributed by atoms with E-state index in [1.807, 2.05) is 20.8 Å². The van der Waals surface area contributed by atoms with E-state index in [1.54, 1.807) is 0 Å². The molecule has 0 heterocycles. The Morgan fingerprint density at radius 3 is 2.64 bits per heavy atom. The summed E-state index contributed by atoms with van der Waals surface area (Å²) in [5.74, 6) is 0. The van der Waals surface area contributed by atoms with Crippen molar-refractivity contribution in [3.8, 4) is 0 Å². The third-order valence-electron chi connectivity index (χ3n) is 4.58. The van der Waals surface area contributed by atoms with Crippen LogP contribution in [0, 0.1) is 0 Å². The van der Waals surface area contributed by atoms with Crippen LogP contribution >= 0.6 is 0 Å². The molecule has 0 spiro atoms. The van der Waals surface area contributed by atoms with Gasteiger partial charge in [-0.2, -0.15) is 0 Å². The highest BCUT2D eigenvalue weighted by molar-refractivity contribution is 5.69. The summed E-state index contributed by atoms with van der Waals surface area (Å²) in [7, 11) is 0. The number of ether oxygens (including phenoxy) is 1. The minimum Gasteiger partial charge on any atom is -0.444 e. The summed E-state index contributed by atoms with van der Waals surface area (Å²) in [6.45, 7) is 10.0. The van der Waals surface area contributed by atoms with Crippen molar-refractivity contribution in [2.24, 2.45) is 0 Å². The zero-order valence-electron chi connectivity index (χ0n) is 14.6. The SMILES string of the molecule is CCc1cccc2c1CC(CC)(NC(=O)OC(C)(C)C)CC2. The lowest BCUT2D eigenvalue weighted by Gasteiger charge is -2.39. The number of alkyl carbamates (subject to hydrolysis) is 1. The van der Waals surface area contributed by atoms with Crippen LogP contribution in [0.25, 0.3) is 0 Å². The molecular formula is C19H29NO2. The molecule has 2 rings (SSSR count). The second-order valence-electron chi connectivity index (χ2n) is 7.35. The standard InChI is InChI=1S/C19H29NO2/c1-6-14-9-8-10-15-11-12-19(7-2,13-16(14)15)20-17(21)22-18(3,4)5/h8-10H,6-7,11-13H2,1-5H3,(H,20,21). The molecule has 1 aliphatic rings. The maximum absolute atomic E-state index is 12.2. The van der Waals surface area contributed by atoms with Gasteiger partial charge in [0.1, 0.15) is 5.60 Å². The topological polar surface area (TPSA) is 38.3 Å². The fourth-order valence-corrected chi connectivity index (χ4v) is 3.30. The van der Waals surface area contributed by atoms with Gasteiger partial charge in [-0.25, -0.2) is 4.79 Å². The van der Waals surface area contributed by atoms with Gasteiger partial charge in [0.2, 0.25) is 0 Å². The number of carbonyl (C=O) groups is 1. The minimum absolute atomic E-state index is 0.180. The van der Waals surface area contributed by atoms with Gasteiger partial charge in [0.05, 0.1) is 0 Å². The number of nitrogens with one attached hydrogen (secondary N) is 1. The summed E-state index contributed by atoms with van der Waals surface area (Å²) < 4.78 is 5.46. The number of carbonyl (C=O) groups excluding carboxylic acids is 1. The molecule has 0 radical (unpaired) electrons. The van der Waals surface area contributed by atoms with Gasteiger partial charge in [0.25, 0.3) is 0 Å². The van der Waals surface area contributed by atoms with Crippen molar-refractivity contribution in [2.45, 2.75) is 77.9 Å². The third kappa shape index (κ3) is 3.82. The number of benzene rings is 1. The van der Waals surface area contributed by atoms with E-state index in [-0.39, 0.29) is 11.6 Å². The quantitative estimate of drug-likeness (QED) is 0.898. The molecule has 1 unspecified atom stereocenters. The lowest BCUT2D eigenvalue weighted by Crippen LogP contribution is -2.53. The second kappa shape index (κ2) is 6.31. The summed E-state index contributed by atoms with van der Waals surface area (Å²) in [5.41, 5.74) is 3.63. The van der Waals surface area contributed by atoms with Gasteiger partial charge in [-0.1, -0.05) is 32.0 Å². The number of amides is 1. The second-order valence-corrected chi connectivity index (χ2v) is 7.35. The zero-order valence-corrected chi connectivity index (χ0v) is 14.6. The van der Waals surface area contributed by atoms with Crippen LogP contribution in [0.1, 0.15) is 64.2 Å². The van der Waals surface area contributed by atoms with Crippen molar-refractivity contribution in [2.75, 3.05) is 0 Å². The maximum atomic E-state index is 12.2. The van der Waals surface area contributed by atoms with Crippen LogP contribution in [-0.4, -0.2) is 17.2 Å². The first-order chi connectivity index (χ1) is 10.3. The molecule has 0 fully saturated rings. The van der Waals surface area contributed by atoms with Crippen LogP contribution < -0.4 is 5.32 Å². The van der Waals surface area contributed by atoms with Gasteiger partial charge in [-0.15, -0.1) is 0 Å². The van der Waals surface area contributed by atoms with Crippen molar-refractivity contribution in [3.05, 3.63) is 34.9 Å². The Morgan fingerprint density at radius 1 is 1.32 bits per heavy atom. The number of hydrogen-bond acceptors (Lipinski definition) is 2. The molecule has 0 aliphatic heterocycles. The summed E-state index contributed by atoms with van der Waals surface area (Å²) in [4.78, 5) is 12.2. The van der Waals surface area contributed by atoms with Crippen molar-refractivity contribution >= 4 is 6.09 Å². The Morgan fingerprint density at radius 2 is 2.05 bits per heavy atom. The van der Waals surface area contributed by atoms with E-state index in [0.29, 0.717) is 0 Å². The van der Waals surface area contributed by atoms with Crippen molar-refractivity contribution < 1.29 is 9.53 Å². The Labute approximate surface area is 134 Å². The first-order valence-corrected chi connectivity index (χ1v) is 8.39. The number of hydrogen-bond donors (Lipinski definition) is 1. The Hall–Kier alpha value is -1.51. The molecule has 122 valence electrons. The summed E-state index contributed by atoms with van der Waals surface area (Å²) >= 11 is 0. The normalized spacial score (nSPS) is 21.1. The van der Waals surface area contributed by atoms with Gasteiger partial charge in [-0.05, 0) is 69.6 Å². The number of fused-ring (bicyclic) bond motifs is 1. The van der Waals surface area contributed by atoms with Crippen LogP contribution in [0.3, 0.4) is 0 Å². The average molecular weight is 303 g/mol. The van der Waals surface area contributed by atoms with Crippen LogP contribution in [0.2, 0.25) is 0 Å². The molecule has 1 N–H and O–H groups in total. The molecule has 0 saturated carbocycles. The van der Waals surface area contributed by atoms with E-state index >= 15 is 0 Å². The van der Waals surface area contributed by atoms with E-state index < -0.39 is 5.60 Å². The molecule has 1 aromatic rings. The van der Waals surface area contributed by atoms with Gasteiger partial charge < -0.3 is 10.1 Å². The van der Waals surface area contributed by atoms with Crippen LogP contribution in [0.5, 0.6) is 0 Å². The average Bonchev–Trinajstić information content (AvgIpc) is 2.44. The monoisotopic (exact) mass is 303 g/mol. The lowest BCUT2D eigenvalue weighted by atomic mass is 9.74. The summed E-state index contributed by atoms with van der Waals surface area (Å²) in [6, 6.07) is 6.58. The highest BCUT2D eigenvalue weighted by Crippen LogP contribution is 2.33. The highest BCUT2D eigenvalue weighted by atomic mass is 16.6. The number of aryl methyl sites for hydroxylation is 2. The van der Waals surface area contributed by atoms with Crippen molar-refractivity contribution in [3.63, 3.8) is 0 Å². The fraction of sp³-hybridized carbons (Fsp3) is 0.632. The van der Waals surface area contributed by atoms with E-state index in [0.717, 1.165) is 32.1 Å². The van der Waals surface area contributed by atoms with E-state index in [1.165, 1.54) is 16.7 Å². The summed E-state index contributed by atoms with van der Waals surface area (Å²) in [6.07, 6.45) is 4.56. The Kier molecular flexibility index (Phi) is 4.84. The molecule has 1 aliphatic carbocycles. The van der Waals surface area contributed by atoms with Crippen LogP contribution in [-0.2, 0) is 24.0 Å². The van der Waals surface area contributed by atoms with Gasteiger partial charge in [0, 0.05) is 5.54 Å². The first kappa shape index (κ1) is 16.9. The summed E-state index contributed by atoms with van der Waals surface area (Å²) in [5, 5.41) is 3.17. The molecule has 1 atom stereocenters.